The number of hydrogen-bond acceptors (Lipinski definition) is 7. The van der Waals surface area contributed by atoms with Gasteiger partial charge in [0.15, 0.2) is 0 Å². The van der Waals surface area contributed by atoms with Crippen LogP contribution in [0, 0.1) is 5.92 Å². The number of piperidine rings is 2. The van der Waals surface area contributed by atoms with Crippen molar-refractivity contribution in [1.82, 2.24) is 31.0 Å². The number of carbonyl (C=O) groups excluding carboxylic acids is 1. The first-order valence-electron chi connectivity index (χ1n) is 9.21. The van der Waals surface area contributed by atoms with Crippen LogP contribution in [0.25, 0.3) is 0 Å². The van der Waals surface area contributed by atoms with Crippen LogP contribution in [0.3, 0.4) is 0 Å². The van der Waals surface area contributed by atoms with Gasteiger partial charge in [-0.15, -0.1) is 0 Å². The van der Waals surface area contributed by atoms with E-state index in [0.29, 0.717) is 12.0 Å². The maximum Gasteiger partial charge on any atom is 0.239 e. The van der Waals surface area contributed by atoms with Gasteiger partial charge in [-0.1, -0.05) is 0 Å². The third-order valence-electron chi connectivity index (χ3n) is 5.71. The Balaban J connectivity index is 1.29. The molecule has 25 heavy (non-hydrogen) atoms. The molecule has 3 N–H and O–H groups in total. The molecule has 1 aromatic heterocycles. The molecule has 3 aliphatic heterocycles. The van der Waals surface area contributed by atoms with E-state index in [0.717, 1.165) is 51.3 Å². The minimum absolute atomic E-state index is 0.133. The van der Waals surface area contributed by atoms with Gasteiger partial charge in [0, 0.05) is 50.0 Å². The van der Waals surface area contributed by atoms with Crippen molar-refractivity contribution < 1.29 is 4.79 Å². The van der Waals surface area contributed by atoms with Crippen molar-refractivity contribution in [2.24, 2.45) is 5.92 Å². The number of hydrogen-bond donors (Lipinski definition) is 3. The molecule has 0 bridgehead atoms. The van der Waals surface area contributed by atoms with Gasteiger partial charge in [0.05, 0.1) is 6.20 Å². The molecule has 0 aliphatic carbocycles. The van der Waals surface area contributed by atoms with E-state index >= 15 is 0 Å². The maximum atomic E-state index is 12.8. The summed E-state index contributed by atoms with van der Waals surface area (Å²) < 4.78 is 0. The van der Waals surface area contributed by atoms with Gasteiger partial charge in [0.2, 0.25) is 5.91 Å². The normalized spacial score (nSPS) is 30.9. The van der Waals surface area contributed by atoms with Crippen molar-refractivity contribution in [2.75, 3.05) is 38.1 Å². The molecular formula is C17H27N7O. The summed E-state index contributed by atoms with van der Waals surface area (Å²) in [4.78, 5) is 25.8. The first-order valence-corrected chi connectivity index (χ1v) is 9.21. The Hall–Kier alpha value is -1.77. The molecule has 1 amide bonds. The van der Waals surface area contributed by atoms with E-state index in [4.69, 9.17) is 0 Å². The maximum absolute atomic E-state index is 12.8. The fourth-order valence-electron chi connectivity index (χ4n) is 4.23. The zero-order valence-electron chi connectivity index (χ0n) is 14.7. The highest BCUT2D eigenvalue weighted by Crippen LogP contribution is 2.24. The molecular weight excluding hydrogens is 318 g/mol. The molecule has 0 aromatic carbocycles. The molecule has 3 saturated heterocycles. The van der Waals surface area contributed by atoms with E-state index < -0.39 is 0 Å². The molecule has 8 heteroatoms. The average molecular weight is 345 g/mol. The zero-order chi connectivity index (χ0) is 17.2. The molecule has 3 atom stereocenters. The van der Waals surface area contributed by atoms with E-state index in [9.17, 15) is 4.79 Å². The summed E-state index contributed by atoms with van der Waals surface area (Å²) >= 11 is 0. The van der Waals surface area contributed by atoms with Gasteiger partial charge in [-0.2, -0.15) is 0 Å². The van der Waals surface area contributed by atoms with E-state index in [2.05, 4.69) is 43.0 Å². The van der Waals surface area contributed by atoms with Gasteiger partial charge in [-0.05, 0) is 32.9 Å². The highest BCUT2D eigenvalue weighted by atomic mass is 16.2. The molecule has 0 saturated carbocycles. The number of aromatic nitrogens is 2. The highest BCUT2D eigenvalue weighted by Gasteiger charge is 2.42. The van der Waals surface area contributed by atoms with Crippen molar-refractivity contribution in [3.05, 3.63) is 18.6 Å². The van der Waals surface area contributed by atoms with Gasteiger partial charge in [-0.3, -0.25) is 15.2 Å². The number of likely N-dealkylation sites (tertiary alicyclic amines) is 1. The molecule has 136 valence electrons. The van der Waals surface area contributed by atoms with Crippen molar-refractivity contribution in [3.63, 3.8) is 0 Å². The number of nitrogens with zero attached hydrogens (tertiary/aromatic N) is 4. The van der Waals surface area contributed by atoms with Crippen LogP contribution in [-0.2, 0) is 4.79 Å². The van der Waals surface area contributed by atoms with Crippen LogP contribution in [0.5, 0.6) is 0 Å². The van der Waals surface area contributed by atoms with Gasteiger partial charge in [0.25, 0.3) is 0 Å². The lowest BCUT2D eigenvalue weighted by molar-refractivity contribution is -0.125. The first-order chi connectivity index (χ1) is 12.2. The topological polar surface area (TPSA) is 85.4 Å². The third kappa shape index (κ3) is 3.61. The minimum Gasteiger partial charge on any atom is -0.355 e. The largest absolute Gasteiger partial charge is 0.355 e. The van der Waals surface area contributed by atoms with Crippen molar-refractivity contribution in [2.45, 2.75) is 37.4 Å². The Morgan fingerprint density at radius 2 is 2.04 bits per heavy atom. The summed E-state index contributed by atoms with van der Waals surface area (Å²) in [6.45, 7) is 3.85. The molecule has 8 nitrogen and oxygen atoms in total. The SMILES string of the molecule is CN1CCC2NNC(C(=O)NC3CCN(c4cnccn4)CC3)C2C1. The lowest BCUT2D eigenvalue weighted by atomic mass is 9.88. The van der Waals surface area contributed by atoms with Crippen molar-refractivity contribution in [3.8, 4) is 0 Å². The summed E-state index contributed by atoms with van der Waals surface area (Å²) in [6.07, 6.45) is 8.18. The fraction of sp³-hybridized carbons (Fsp3) is 0.706. The molecule has 0 radical (unpaired) electrons. The van der Waals surface area contributed by atoms with E-state index in [1.807, 2.05) is 0 Å². The lowest BCUT2D eigenvalue weighted by Gasteiger charge is -2.35. The zero-order valence-corrected chi connectivity index (χ0v) is 14.7. The highest BCUT2D eigenvalue weighted by molar-refractivity contribution is 5.83. The molecule has 3 aliphatic rings. The molecule has 4 rings (SSSR count). The average Bonchev–Trinajstić information content (AvgIpc) is 3.06. The summed E-state index contributed by atoms with van der Waals surface area (Å²) in [5.41, 5.74) is 6.54. The molecule has 0 spiro atoms. The second kappa shape index (κ2) is 7.23. The van der Waals surface area contributed by atoms with E-state index in [1.165, 1.54) is 0 Å². The smallest absolute Gasteiger partial charge is 0.239 e. The van der Waals surface area contributed by atoms with Crippen LogP contribution < -0.4 is 21.1 Å². The standard InChI is InChI=1S/C17H27N7O/c1-23-7-4-14-13(11-23)16(22-21-14)17(25)20-12-2-8-24(9-3-12)15-10-18-5-6-19-15/h5-6,10,12-14,16,21-22H,2-4,7-9,11H2,1H3,(H,20,25). The quantitative estimate of drug-likeness (QED) is 0.672. The number of nitrogens with one attached hydrogen (secondary N) is 3. The second-order valence-electron chi connectivity index (χ2n) is 7.42. The minimum atomic E-state index is -0.134. The number of carbonyl (C=O) groups is 1. The number of fused-ring (bicyclic) bond motifs is 1. The lowest BCUT2D eigenvalue weighted by Crippen LogP contribution is -2.53. The van der Waals surface area contributed by atoms with Crippen LogP contribution >= 0.6 is 0 Å². The number of rotatable bonds is 3. The van der Waals surface area contributed by atoms with Crippen molar-refractivity contribution >= 4 is 11.7 Å². The summed E-state index contributed by atoms with van der Waals surface area (Å²) in [7, 11) is 2.13. The van der Waals surface area contributed by atoms with E-state index in [1.54, 1.807) is 18.6 Å². The van der Waals surface area contributed by atoms with Gasteiger partial charge >= 0.3 is 0 Å². The predicted molar refractivity (Wildman–Crippen MR) is 94.9 cm³/mol. The van der Waals surface area contributed by atoms with Gasteiger partial charge < -0.3 is 15.1 Å². The Bertz CT molecular complexity index is 590. The second-order valence-corrected chi connectivity index (χ2v) is 7.42. The van der Waals surface area contributed by atoms with Crippen molar-refractivity contribution in [1.29, 1.82) is 0 Å². The van der Waals surface area contributed by atoms with Crippen LogP contribution in [0.4, 0.5) is 5.82 Å². The Labute approximate surface area is 148 Å². The number of anilines is 1. The summed E-state index contributed by atoms with van der Waals surface area (Å²) in [5, 5.41) is 3.26. The molecule has 3 unspecified atom stereocenters. The number of hydrazine groups is 1. The fourth-order valence-corrected chi connectivity index (χ4v) is 4.23. The van der Waals surface area contributed by atoms with Gasteiger partial charge in [-0.25, -0.2) is 10.4 Å². The monoisotopic (exact) mass is 345 g/mol. The molecule has 3 fully saturated rings. The van der Waals surface area contributed by atoms with E-state index in [-0.39, 0.29) is 18.0 Å². The number of amides is 1. The van der Waals surface area contributed by atoms with Crippen LogP contribution in [0.2, 0.25) is 0 Å². The predicted octanol–water partition coefficient (Wildman–Crippen LogP) is -0.642. The molecule has 4 heterocycles. The Kier molecular flexibility index (Phi) is 4.82. The summed E-state index contributed by atoms with van der Waals surface area (Å²) in [5.74, 6) is 1.40. The Morgan fingerprint density at radius 3 is 2.80 bits per heavy atom. The third-order valence-corrected chi connectivity index (χ3v) is 5.71. The van der Waals surface area contributed by atoms with Crippen LogP contribution in [0.1, 0.15) is 19.3 Å². The summed E-state index contributed by atoms with van der Waals surface area (Å²) in [6, 6.07) is 0.513. The van der Waals surface area contributed by atoms with Gasteiger partial charge in [0.1, 0.15) is 11.9 Å². The molecule has 1 aromatic rings. The van der Waals surface area contributed by atoms with Crippen LogP contribution in [0.15, 0.2) is 18.6 Å². The Morgan fingerprint density at radius 1 is 1.20 bits per heavy atom. The van der Waals surface area contributed by atoms with Crippen LogP contribution in [-0.4, -0.2) is 72.1 Å². The first kappa shape index (κ1) is 16.7.